The molecule has 0 heterocycles. The largest absolute Gasteiger partial charge is 0.206 e. The lowest BCUT2D eigenvalue weighted by molar-refractivity contribution is 0.558. The van der Waals surface area contributed by atoms with E-state index in [0.29, 0.717) is 0 Å². The summed E-state index contributed by atoms with van der Waals surface area (Å²) in [5.74, 6) is 0.724. The van der Waals surface area contributed by atoms with Gasteiger partial charge in [-0.15, -0.1) is 0 Å². The molecule has 0 saturated heterocycles. The second-order valence-corrected chi connectivity index (χ2v) is 5.44. The molecule has 0 aromatic heterocycles. The van der Waals surface area contributed by atoms with Gasteiger partial charge in [0.1, 0.15) is 5.82 Å². The summed E-state index contributed by atoms with van der Waals surface area (Å²) >= 11 is 0. The molecule has 0 radical (unpaired) electrons. The van der Waals surface area contributed by atoms with Crippen LogP contribution in [0.4, 0.5) is 4.39 Å². The maximum absolute atomic E-state index is 13.6. The van der Waals surface area contributed by atoms with Crippen LogP contribution in [0.2, 0.25) is 0 Å². The predicted molar refractivity (Wildman–Crippen MR) is 64.0 cm³/mol. The monoisotopic (exact) mass is 216 g/mol. The Labute approximate surface area is 96.2 Å². The standard InChI is InChI=1S/C15H17F/c1-10-7-13(8-11(2)14(10)16)15-5-3-12(9-15)4-6-15/h3,5,7-8,12H,4,6,9H2,1-2H3/t12?,15-/m1/s1. The predicted octanol–water partition coefficient (Wildman–Crippen LogP) is 4.05. The third-order valence-corrected chi connectivity index (χ3v) is 4.29. The van der Waals surface area contributed by atoms with Gasteiger partial charge in [-0.05, 0) is 55.7 Å². The Morgan fingerprint density at radius 1 is 1.25 bits per heavy atom. The first-order valence-electron chi connectivity index (χ1n) is 6.07. The minimum atomic E-state index is -0.0447. The van der Waals surface area contributed by atoms with Gasteiger partial charge in [-0.2, -0.15) is 0 Å². The van der Waals surface area contributed by atoms with Crippen molar-refractivity contribution in [3.63, 3.8) is 0 Å². The molecule has 0 N–H and O–H groups in total. The van der Waals surface area contributed by atoms with Gasteiger partial charge < -0.3 is 0 Å². The zero-order valence-corrected chi connectivity index (χ0v) is 9.89. The SMILES string of the molecule is Cc1cc([C@]23C=CC(CC2)C3)cc(C)c1F. The molecule has 3 rings (SSSR count). The van der Waals surface area contributed by atoms with Crippen LogP contribution < -0.4 is 0 Å². The summed E-state index contributed by atoms with van der Waals surface area (Å²) in [5, 5.41) is 0. The van der Waals surface area contributed by atoms with Crippen LogP contribution in [-0.4, -0.2) is 0 Å². The van der Waals surface area contributed by atoms with E-state index in [9.17, 15) is 4.39 Å². The van der Waals surface area contributed by atoms with Crippen LogP contribution in [0, 0.1) is 25.6 Å². The van der Waals surface area contributed by atoms with Crippen LogP contribution >= 0.6 is 0 Å². The highest BCUT2D eigenvalue weighted by Gasteiger charge is 2.42. The molecule has 84 valence electrons. The number of allylic oxidation sites excluding steroid dienone is 2. The van der Waals surface area contributed by atoms with Crippen molar-refractivity contribution in [1.29, 1.82) is 0 Å². The number of rotatable bonds is 1. The van der Waals surface area contributed by atoms with Gasteiger partial charge in [0.15, 0.2) is 0 Å². The van der Waals surface area contributed by atoms with Crippen LogP contribution in [0.15, 0.2) is 24.3 Å². The van der Waals surface area contributed by atoms with Crippen molar-refractivity contribution in [2.45, 2.75) is 38.5 Å². The molecule has 1 unspecified atom stereocenters. The maximum Gasteiger partial charge on any atom is 0.129 e. The van der Waals surface area contributed by atoms with E-state index in [1.165, 1.54) is 24.8 Å². The van der Waals surface area contributed by atoms with E-state index < -0.39 is 0 Å². The third-order valence-electron chi connectivity index (χ3n) is 4.29. The molecule has 0 aliphatic heterocycles. The van der Waals surface area contributed by atoms with E-state index in [2.05, 4.69) is 12.2 Å². The van der Waals surface area contributed by atoms with Crippen LogP contribution in [0.25, 0.3) is 0 Å². The fourth-order valence-corrected chi connectivity index (χ4v) is 3.34. The number of halogens is 1. The molecule has 2 aliphatic rings. The summed E-state index contributed by atoms with van der Waals surface area (Å²) in [6.45, 7) is 3.74. The van der Waals surface area contributed by atoms with Crippen molar-refractivity contribution in [3.05, 3.63) is 46.8 Å². The smallest absolute Gasteiger partial charge is 0.129 e. The van der Waals surface area contributed by atoms with Crippen LogP contribution in [0.5, 0.6) is 0 Å². The lowest BCUT2D eigenvalue weighted by atomic mass is 9.79. The molecule has 2 atom stereocenters. The Balaban J connectivity index is 2.11. The molecule has 0 spiro atoms. The minimum Gasteiger partial charge on any atom is -0.206 e. The van der Waals surface area contributed by atoms with Gasteiger partial charge in [0.2, 0.25) is 0 Å². The van der Waals surface area contributed by atoms with E-state index in [-0.39, 0.29) is 11.2 Å². The molecule has 0 nitrogen and oxygen atoms in total. The second-order valence-electron chi connectivity index (χ2n) is 5.44. The Hall–Kier alpha value is -1.11. The van der Waals surface area contributed by atoms with Gasteiger partial charge in [0, 0.05) is 5.41 Å². The number of benzene rings is 1. The molecule has 1 aromatic rings. The number of fused-ring (bicyclic) bond motifs is 2. The van der Waals surface area contributed by atoms with Gasteiger partial charge in [0.05, 0.1) is 0 Å². The van der Waals surface area contributed by atoms with Gasteiger partial charge in [-0.1, -0.05) is 24.3 Å². The number of hydrogen-bond acceptors (Lipinski definition) is 0. The zero-order chi connectivity index (χ0) is 11.3. The molecule has 16 heavy (non-hydrogen) atoms. The lowest BCUT2D eigenvalue weighted by Crippen LogP contribution is -2.18. The van der Waals surface area contributed by atoms with Crippen molar-refractivity contribution in [3.8, 4) is 0 Å². The summed E-state index contributed by atoms with van der Waals surface area (Å²) < 4.78 is 13.6. The topological polar surface area (TPSA) is 0 Å². The lowest BCUT2D eigenvalue weighted by Gasteiger charge is -2.25. The average molecular weight is 216 g/mol. The van der Waals surface area contributed by atoms with Gasteiger partial charge >= 0.3 is 0 Å². The summed E-state index contributed by atoms with van der Waals surface area (Å²) in [6.07, 6.45) is 8.47. The second kappa shape index (κ2) is 3.19. The van der Waals surface area contributed by atoms with Crippen LogP contribution in [0.1, 0.15) is 36.0 Å². The van der Waals surface area contributed by atoms with E-state index in [4.69, 9.17) is 0 Å². The molecular weight excluding hydrogens is 199 g/mol. The summed E-state index contributed by atoms with van der Waals surface area (Å²) in [7, 11) is 0. The van der Waals surface area contributed by atoms with Crippen LogP contribution in [0.3, 0.4) is 0 Å². The summed E-state index contributed by atoms with van der Waals surface area (Å²) in [5.41, 5.74) is 3.12. The first-order chi connectivity index (χ1) is 7.61. The van der Waals surface area contributed by atoms with Gasteiger partial charge in [0.25, 0.3) is 0 Å². The van der Waals surface area contributed by atoms with E-state index in [1.54, 1.807) is 0 Å². The van der Waals surface area contributed by atoms with Gasteiger partial charge in [-0.3, -0.25) is 0 Å². The summed E-state index contributed by atoms with van der Waals surface area (Å²) in [6, 6.07) is 4.08. The molecule has 1 saturated carbocycles. The number of aryl methyl sites for hydroxylation is 2. The highest BCUT2D eigenvalue weighted by molar-refractivity contribution is 5.41. The quantitative estimate of drug-likeness (QED) is 0.621. The molecule has 1 aromatic carbocycles. The molecule has 2 aliphatic carbocycles. The Morgan fingerprint density at radius 3 is 2.38 bits per heavy atom. The van der Waals surface area contributed by atoms with Gasteiger partial charge in [-0.25, -0.2) is 4.39 Å². The van der Waals surface area contributed by atoms with Crippen molar-refractivity contribution in [1.82, 2.24) is 0 Å². The van der Waals surface area contributed by atoms with Crippen LogP contribution in [-0.2, 0) is 5.41 Å². The van der Waals surface area contributed by atoms with E-state index in [0.717, 1.165) is 17.0 Å². The maximum atomic E-state index is 13.6. The molecule has 2 bridgehead atoms. The minimum absolute atomic E-state index is 0.0447. The molecular formula is C15H17F. The fraction of sp³-hybridized carbons (Fsp3) is 0.467. The third kappa shape index (κ3) is 1.27. The highest BCUT2D eigenvalue weighted by atomic mass is 19.1. The first kappa shape index (κ1) is 10.1. The Morgan fingerprint density at radius 2 is 1.94 bits per heavy atom. The number of hydrogen-bond donors (Lipinski definition) is 0. The van der Waals surface area contributed by atoms with Crippen molar-refractivity contribution < 1.29 is 4.39 Å². The van der Waals surface area contributed by atoms with Crippen molar-refractivity contribution in [2.24, 2.45) is 5.92 Å². The van der Waals surface area contributed by atoms with Crippen molar-refractivity contribution in [2.75, 3.05) is 0 Å². The first-order valence-corrected chi connectivity index (χ1v) is 6.07. The fourth-order valence-electron chi connectivity index (χ4n) is 3.34. The molecule has 0 amide bonds. The Bertz CT molecular complexity index is 449. The normalized spacial score (nSPS) is 31.3. The zero-order valence-electron chi connectivity index (χ0n) is 9.89. The Kier molecular flexibility index (Phi) is 2.01. The summed E-state index contributed by atoms with van der Waals surface area (Å²) in [4.78, 5) is 0. The van der Waals surface area contributed by atoms with E-state index >= 15 is 0 Å². The average Bonchev–Trinajstić information content (AvgIpc) is 2.86. The highest BCUT2D eigenvalue weighted by Crippen LogP contribution is 2.51. The molecule has 1 fully saturated rings. The molecule has 1 heteroatoms. The van der Waals surface area contributed by atoms with E-state index in [1.807, 2.05) is 26.0 Å². The van der Waals surface area contributed by atoms with Crippen molar-refractivity contribution >= 4 is 0 Å².